The van der Waals surface area contributed by atoms with Gasteiger partial charge in [0.05, 0.1) is 6.42 Å². The van der Waals surface area contributed by atoms with Gasteiger partial charge in [-0.15, -0.1) is 11.8 Å². The van der Waals surface area contributed by atoms with Crippen LogP contribution in [0.5, 0.6) is 0 Å². The number of thioether (sulfide) groups is 1. The summed E-state index contributed by atoms with van der Waals surface area (Å²) < 4.78 is -0.00988. The molecule has 2 heterocycles. The lowest BCUT2D eigenvalue weighted by molar-refractivity contribution is -0.136. The third-order valence-electron chi connectivity index (χ3n) is 3.64. The Bertz CT molecular complexity index is 941. The number of hydrogen-bond acceptors (Lipinski definition) is 4. The zero-order valence-corrected chi connectivity index (χ0v) is 16.9. The van der Waals surface area contributed by atoms with Crippen LogP contribution in [-0.2, 0) is 11.2 Å². The van der Waals surface area contributed by atoms with Crippen LogP contribution in [-0.4, -0.2) is 25.8 Å². The molecule has 0 aliphatic carbocycles. The van der Waals surface area contributed by atoms with E-state index in [9.17, 15) is 9.90 Å². The monoisotopic (exact) mass is 386 g/mol. The van der Waals surface area contributed by atoms with Crippen molar-refractivity contribution in [2.45, 2.75) is 53.7 Å². The van der Waals surface area contributed by atoms with E-state index in [0.29, 0.717) is 0 Å². The van der Waals surface area contributed by atoms with E-state index in [0.717, 1.165) is 37.0 Å². The van der Waals surface area contributed by atoms with Gasteiger partial charge < -0.3 is 10.1 Å². The van der Waals surface area contributed by atoms with E-state index in [1.165, 1.54) is 0 Å². The second-order valence-corrected chi connectivity index (χ2v) is 10.1. The summed E-state index contributed by atoms with van der Waals surface area (Å²) in [6.07, 6.45) is 1.86. The highest BCUT2D eigenvalue weighted by molar-refractivity contribution is 8.01. The molecular formula is C20H22N2O2S2. The van der Waals surface area contributed by atoms with E-state index in [1.807, 2.05) is 31.3 Å². The molecule has 3 rings (SSSR count). The summed E-state index contributed by atoms with van der Waals surface area (Å²) in [4.78, 5) is 21.1. The Morgan fingerprint density at radius 3 is 2.62 bits per heavy atom. The minimum absolute atomic E-state index is 0.00487. The highest BCUT2D eigenvalue weighted by Gasteiger charge is 2.21. The topological polar surface area (TPSA) is 66.0 Å². The maximum Gasteiger partial charge on any atom is 0.309 e. The number of aromatic nitrogens is 2. The number of H-pyrrole nitrogens is 1. The molecule has 3 aromatic rings. The maximum absolute atomic E-state index is 11.3. The minimum atomic E-state index is -0.828. The van der Waals surface area contributed by atoms with Gasteiger partial charge in [-0.25, -0.2) is 4.98 Å². The van der Waals surface area contributed by atoms with Crippen LogP contribution < -0.4 is 0 Å². The fourth-order valence-electron chi connectivity index (χ4n) is 2.60. The van der Waals surface area contributed by atoms with Crippen LogP contribution in [0.4, 0.5) is 0 Å². The SMILES string of the molecule is Cc1ccc(Sc2ccc3[nH]c(CC(=O)O)c(SC(C)(C)C)c3c2)nc1. The Labute approximate surface area is 161 Å². The molecular weight excluding hydrogens is 364 g/mol. The van der Waals surface area contributed by atoms with Gasteiger partial charge in [-0.3, -0.25) is 4.79 Å². The van der Waals surface area contributed by atoms with Crippen molar-refractivity contribution in [1.29, 1.82) is 0 Å². The molecule has 0 aliphatic rings. The lowest BCUT2D eigenvalue weighted by atomic mass is 10.2. The van der Waals surface area contributed by atoms with Crippen molar-refractivity contribution in [2.24, 2.45) is 0 Å². The van der Waals surface area contributed by atoms with Gasteiger partial charge >= 0.3 is 5.97 Å². The number of pyridine rings is 1. The van der Waals surface area contributed by atoms with Gasteiger partial charge in [-0.05, 0) is 36.8 Å². The average molecular weight is 387 g/mol. The quantitative estimate of drug-likeness (QED) is 0.564. The van der Waals surface area contributed by atoms with Crippen molar-refractivity contribution in [2.75, 3.05) is 0 Å². The molecule has 0 radical (unpaired) electrons. The molecule has 6 heteroatoms. The van der Waals surface area contributed by atoms with Crippen LogP contribution in [0.15, 0.2) is 51.3 Å². The number of benzene rings is 1. The number of carbonyl (C=O) groups is 1. The number of carboxylic acids is 1. The normalized spacial score (nSPS) is 11.8. The second-order valence-electron chi connectivity index (χ2n) is 7.20. The van der Waals surface area contributed by atoms with Gasteiger partial charge in [0, 0.05) is 37.3 Å². The second kappa shape index (κ2) is 7.37. The number of rotatable bonds is 5. The lowest BCUT2D eigenvalue weighted by Crippen LogP contribution is -2.08. The number of aliphatic carboxylic acids is 1. The van der Waals surface area contributed by atoms with Crippen molar-refractivity contribution in [1.82, 2.24) is 9.97 Å². The van der Waals surface area contributed by atoms with E-state index in [-0.39, 0.29) is 11.2 Å². The van der Waals surface area contributed by atoms with Crippen molar-refractivity contribution in [3.05, 3.63) is 47.8 Å². The molecule has 26 heavy (non-hydrogen) atoms. The molecule has 0 atom stereocenters. The first-order chi connectivity index (χ1) is 12.2. The Morgan fingerprint density at radius 1 is 1.23 bits per heavy atom. The van der Waals surface area contributed by atoms with Crippen molar-refractivity contribution >= 4 is 40.4 Å². The van der Waals surface area contributed by atoms with Crippen LogP contribution in [0.25, 0.3) is 10.9 Å². The Hall–Kier alpha value is -1.92. The molecule has 2 aromatic heterocycles. The number of nitrogens with zero attached hydrogens (tertiary/aromatic N) is 1. The third-order valence-corrected chi connectivity index (χ3v) is 5.86. The predicted molar refractivity (Wildman–Crippen MR) is 108 cm³/mol. The summed E-state index contributed by atoms with van der Waals surface area (Å²) in [5, 5.41) is 11.3. The minimum Gasteiger partial charge on any atom is -0.481 e. The molecule has 136 valence electrons. The molecule has 1 aromatic carbocycles. The Morgan fingerprint density at radius 2 is 2.00 bits per heavy atom. The number of fused-ring (bicyclic) bond motifs is 1. The van der Waals surface area contributed by atoms with Crippen LogP contribution in [0.2, 0.25) is 0 Å². The summed E-state index contributed by atoms with van der Waals surface area (Å²) in [6, 6.07) is 10.3. The third kappa shape index (κ3) is 4.62. The molecule has 4 nitrogen and oxygen atoms in total. The van der Waals surface area contributed by atoms with Gasteiger partial charge in [0.1, 0.15) is 5.03 Å². The van der Waals surface area contributed by atoms with Gasteiger partial charge in [-0.1, -0.05) is 38.6 Å². The van der Waals surface area contributed by atoms with E-state index in [2.05, 4.69) is 42.9 Å². The molecule has 0 amide bonds. The first kappa shape index (κ1) is 18.9. The molecule has 0 bridgehead atoms. The van der Waals surface area contributed by atoms with Crippen molar-refractivity contribution < 1.29 is 9.90 Å². The first-order valence-electron chi connectivity index (χ1n) is 8.37. The predicted octanol–water partition coefficient (Wildman–Crippen LogP) is 5.54. The zero-order valence-electron chi connectivity index (χ0n) is 15.3. The molecule has 0 saturated heterocycles. The Balaban J connectivity index is 2.01. The summed E-state index contributed by atoms with van der Waals surface area (Å²) in [7, 11) is 0. The number of aryl methyl sites for hydroxylation is 1. The van der Waals surface area contributed by atoms with Gasteiger partial charge in [0.2, 0.25) is 0 Å². The lowest BCUT2D eigenvalue weighted by Gasteiger charge is -2.18. The number of nitrogens with one attached hydrogen (secondary N) is 1. The molecule has 0 unspecified atom stereocenters. The van der Waals surface area contributed by atoms with Gasteiger partial charge in [0.15, 0.2) is 0 Å². The Kier molecular flexibility index (Phi) is 5.34. The van der Waals surface area contributed by atoms with Crippen LogP contribution in [0.3, 0.4) is 0 Å². The van der Waals surface area contributed by atoms with Crippen LogP contribution in [0, 0.1) is 6.92 Å². The fourth-order valence-corrected chi connectivity index (χ4v) is 4.53. The summed E-state index contributed by atoms with van der Waals surface area (Å²) in [5.74, 6) is -0.828. The number of carboxylic acid groups (broad SMARTS) is 1. The highest BCUT2D eigenvalue weighted by Crippen LogP contribution is 2.41. The zero-order chi connectivity index (χ0) is 18.9. The molecule has 2 N–H and O–H groups in total. The van der Waals surface area contributed by atoms with E-state index in [4.69, 9.17) is 0 Å². The fraction of sp³-hybridized carbons (Fsp3) is 0.300. The van der Waals surface area contributed by atoms with Crippen molar-refractivity contribution in [3.8, 4) is 0 Å². The number of aromatic amines is 1. The standard InChI is InChI=1S/C20H22N2O2S2/c1-12-5-8-17(21-11-12)25-13-6-7-15-14(9-13)19(26-20(2,3)4)16(22-15)10-18(23)24/h5-9,11,22H,10H2,1-4H3,(H,23,24). The molecule has 0 spiro atoms. The van der Waals surface area contributed by atoms with Crippen LogP contribution in [0.1, 0.15) is 32.0 Å². The molecule has 0 fully saturated rings. The smallest absolute Gasteiger partial charge is 0.309 e. The average Bonchev–Trinajstić information content (AvgIpc) is 2.84. The van der Waals surface area contributed by atoms with E-state index in [1.54, 1.807) is 23.5 Å². The van der Waals surface area contributed by atoms with Gasteiger partial charge in [0.25, 0.3) is 0 Å². The molecule has 0 aliphatic heterocycles. The molecule has 0 saturated carbocycles. The van der Waals surface area contributed by atoms with E-state index >= 15 is 0 Å². The summed E-state index contributed by atoms with van der Waals surface area (Å²) in [6.45, 7) is 8.43. The van der Waals surface area contributed by atoms with Crippen LogP contribution >= 0.6 is 23.5 Å². The summed E-state index contributed by atoms with van der Waals surface area (Å²) >= 11 is 3.31. The van der Waals surface area contributed by atoms with Crippen molar-refractivity contribution in [3.63, 3.8) is 0 Å². The first-order valence-corrected chi connectivity index (χ1v) is 10.0. The largest absolute Gasteiger partial charge is 0.481 e. The maximum atomic E-state index is 11.3. The van der Waals surface area contributed by atoms with E-state index < -0.39 is 5.97 Å². The highest BCUT2D eigenvalue weighted by atomic mass is 32.2. The summed E-state index contributed by atoms with van der Waals surface area (Å²) in [5.41, 5.74) is 2.87. The van der Waals surface area contributed by atoms with Gasteiger partial charge in [-0.2, -0.15) is 0 Å². The number of hydrogen-bond donors (Lipinski definition) is 2.